The third kappa shape index (κ3) is 9.85. The molecule has 0 spiro atoms. The van der Waals surface area contributed by atoms with Gasteiger partial charge in [0.1, 0.15) is 44.7 Å². The summed E-state index contributed by atoms with van der Waals surface area (Å²) in [5.41, 5.74) is 21.3. The molecule has 0 bridgehead atoms. The van der Waals surface area contributed by atoms with Crippen molar-refractivity contribution in [2.75, 3.05) is 0 Å². The van der Waals surface area contributed by atoms with Crippen LogP contribution < -0.4 is 5.46 Å². The molecule has 0 atom stereocenters. The predicted molar refractivity (Wildman–Crippen MR) is 398 cm³/mol. The van der Waals surface area contributed by atoms with E-state index in [1.807, 2.05) is 72.8 Å². The highest BCUT2D eigenvalue weighted by atomic mass is 79.9. The Morgan fingerprint density at radius 3 is 0.947 bits per heavy atom. The summed E-state index contributed by atoms with van der Waals surface area (Å²) in [5.74, 6) is 0. The van der Waals surface area contributed by atoms with E-state index in [-0.39, 0.29) is 7.43 Å². The van der Waals surface area contributed by atoms with Gasteiger partial charge in [0.15, 0.2) is 0 Å². The lowest BCUT2D eigenvalue weighted by molar-refractivity contribution is 0.426. The van der Waals surface area contributed by atoms with E-state index in [1.165, 1.54) is 60.3 Å². The van der Waals surface area contributed by atoms with Crippen molar-refractivity contribution < 1.29 is 27.7 Å². The lowest BCUT2D eigenvalue weighted by Gasteiger charge is -2.08. The van der Waals surface area contributed by atoms with Crippen molar-refractivity contribution in [2.45, 2.75) is 7.43 Å². The molecule has 0 aliphatic heterocycles. The molecule has 452 valence electrons. The third-order valence-electron chi connectivity index (χ3n) is 18.3. The number of benzene rings is 14. The summed E-state index contributed by atoms with van der Waals surface area (Å²) in [6, 6.07) is 105. The second-order valence-electron chi connectivity index (χ2n) is 23.9. The van der Waals surface area contributed by atoms with Crippen molar-refractivity contribution in [1.82, 2.24) is 9.13 Å². The molecule has 0 unspecified atom stereocenters. The molecular weight excluding hydrogens is 1240 g/mol. The van der Waals surface area contributed by atoms with Crippen LogP contribution in [0.2, 0.25) is 0 Å². The number of para-hydroxylation sites is 6. The average molecular weight is 1290 g/mol. The molecule has 2 N–H and O–H groups in total. The van der Waals surface area contributed by atoms with E-state index in [0.717, 1.165) is 120 Å². The fourth-order valence-electron chi connectivity index (χ4n) is 13.9. The quantitative estimate of drug-likeness (QED) is 0.161. The van der Waals surface area contributed by atoms with Crippen LogP contribution in [-0.2, 0) is 0 Å². The van der Waals surface area contributed by atoms with Crippen LogP contribution in [0.5, 0.6) is 0 Å². The summed E-state index contributed by atoms with van der Waals surface area (Å²) in [4.78, 5) is 0. The Morgan fingerprint density at radius 2 is 0.537 bits per heavy atom. The minimum atomic E-state index is -1.46. The average Bonchev–Trinajstić information content (AvgIpc) is 1.61. The monoisotopic (exact) mass is 1290 g/mol. The van der Waals surface area contributed by atoms with Crippen molar-refractivity contribution >= 4 is 160 Å². The number of aromatic nitrogens is 2. The van der Waals surface area contributed by atoms with Crippen LogP contribution in [0.15, 0.2) is 325 Å². The molecule has 14 aromatic carbocycles. The van der Waals surface area contributed by atoms with Gasteiger partial charge in [-0.3, -0.25) is 0 Å². The minimum Gasteiger partial charge on any atom is -0.456 e. The molecule has 20 rings (SSSR count). The Bertz CT molecular complexity index is 6290. The topological polar surface area (TPSA) is 103 Å². The second kappa shape index (κ2) is 23.2. The van der Waals surface area contributed by atoms with Crippen LogP contribution in [-0.4, -0.2) is 26.3 Å². The number of rotatable bonds is 6. The van der Waals surface area contributed by atoms with Gasteiger partial charge in [-0.1, -0.05) is 193 Å². The largest absolute Gasteiger partial charge is 0.488 e. The molecule has 8 nitrogen and oxygen atoms in total. The van der Waals surface area contributed by atoms with Crippen molar-refractivity contribution in [3.05, 3.63) is 308 Å². The highest BCUT2D eigenvalue weighted by molar-refractivity contribution is 9.10. The third-order valence-corrected chi connectivity index (χ3v) is 18.8. The SMILES string of the molecule is Brc1ccc2oc3ccc(-n4c5ccccc5c5ccccc54)cc3c2c1.C.OB(O)c1cccc(-c2ccc3oc4ccccc4c3c2)c1.c1cc(-c2ccc3oc4ccccc4c3c2)cc(-c2ccc3oc4ccc(-n5c6ccccc6c6ccccc65)cc4c3c2)c1. The zero-order valence-corrected chi connectivity index (χ0v) is 51.8. The first-order valence-electron chi connectivity index (χ1n) is 31.3. The van der Waals surface area contributed by atoms with E-state index in [1.54, 1.807) is 12.1 Å². The van der Waals surface area contributed by atoms with Gasteiger partial charge in [0.2, 0.25) is 0 Å². The number of halogens is 1. The maximum absolute atomic E-state index is 9.32. The molecule has 0 saturated heterocycles. The molecule has 95 heavy (non-hydrogen) atoms. The summed E-state index contributed by atoms with van der Waals surface area (Å²) < 4.78 is 30.0. The number of hydrogen-bond acceptors (Lipinski definition) is 6. The summed E-state index contributed by atoms with van der Waals surface area (Å²) >= 11 is 3.58. The van der Waals surface area contributed by atoms with Crippen molar-refractivity contribution in [3.8, 4) is 44.8 Å². The van der Waals surface area contributed by atoms with E-state index < -0.39 is 7.12 Å². The van der Waals surface area contributed by atoms with Crippen LogP contribution >= 0.6 is 15.9 Å². The summed E-state index contributed by atoms with van der Waals surface area (Å²) in [7, 11) is -1.46. The van der Waals surface area contributed by atoms with Crippen LogP contribution in [0.3, 0.4) is 0 Å². The Kier molecular flexibility index (Phi) is 14.0. The maximum Gasteiger partial charge on any atom is 0.488 e. The summed E-state index contributed by atoms with van der Waals surface area (Å²) in [6.45, 7) is 0. The van der Waals surface area contributed by atoms with Crippen LogP contribution in [0.1, 0.15) is 7.43 Å². The molecule has 0 aliphatic rings. The van der Waals surface area contributed by atoms with E-state index >= 15 is 0 Å². The van der Waals surface area contributed by atoms with E-state index in [4.69, 9.17) is 17.7 Å². The van der Waals surface area contributed by atoms with Crippen LogP contribution in [0.4, 0.5) is 0 Å². The van der Waals surface area contributed by atoms with Gasteiger partial charge < -0.3 is 36.9 Å². The van der Waals surface area contributed by atoms with Gasteiger partial charge in [-0.05, 0) is 172 Å². The zero-order valence-electron chi connectivity index (χ0n) is 50.2. The van der Waals surface area contributed by atoms with E-state index in [0.29, 0.717) is 5.46 Å². The fourth-order valence-corrected chi connectivity index (χ4v) is 14.3. The molecule has 0 amide bonds. The van der Waals surface area contributed by atoms with Gasteiger partial charge in [0, 0.05) is 80.5 Å². The van der Waals surface area contributed by atoms with Gasteiger partial charge >= 0.3 is 7.12 Å². The summed E-state index contributed by atoms with van der Waals surface area (Å²) in [5, 5.41) is 32.6. The molecule has 20 aromatic rings. The summed E-state index contributed by atoms with van der Waals surface area (Å²) in [6.07, 6.45) is 0. The van der Waals surface area contributed by atoms with E-state index in [9.17, 15) is 10.0 Å². The molecule has 10 heteroatoms. The first-order valence-corrected chi connectivity index (χ1v) is 32.0. The molecule has 0 radical (unpaired) electrons. The molecular formula is C85H56BBrN2O6. The normalized spacial score (nSPS) is 11.7. The van der Waals surface area contributed by atoms with Crippen molar-refractivity contribution in [3.63, 3.8) is 0 Å². The molecule has 0 saturated carbocycles. The zero-order chi connectivity index (χ0) is 62.5. The van der Waals surface area contributed by atoms with Gasteiger partial charge in [-0.2, -0.15) is 0 Å². The maximum atomic E-state index is 9.32. The molecule has 0 fully saturated rings. The Morgan fingerprint density at radius 1 is 0.242 bits per heavy atom. The number of furan rings is 4. The first-order chi connectivity index (χ1) is 46.3. The van der Waals surface area contributed by atoms with Crippen LogP contribution in [0.25, 0.3) is 176 Å². The Labute approximate surface area is 553 Å². The Balaban J connectivity index is 0.000000117. The van der Waals surface area contributed by atoms with Gasteiger partial charge in [0.25, 0.3) is 0 Å². The van der Waals surface area contributed by atoms with Gasteiger partial charge in [-0.25, -0.2) is 0 Å². The molecule has 6 heterocycles. The first kappa shape index (κ1) is 57.3. The minimum absolute atomic E-state index is 0. The number of hydrogen-bond donors (Lipinski definition) is 2. The standard InChI is InChI=1S/C42H25NO2.C24H14BrNO.C18H13BO3.CH4/c1-4-13-37-31(10-1)32-11-2-5-14-38(32)43(37)30-18-21-42-36(25-30)35-24-29(17-20-41(35)45-42)27-9-7-8-26(22-27)28-16-19-40-34(23-28)33-12-3-6-15-39(33)44-40;25-15-9-11-23-19(13-15)20-14-16(10-12-24(20)27-23)26-21-7-3-1-5-17(21)18-6-2-4-8-22(18)26;20-19(21)14-5-3-4-12(10-14)13-8-9-18-16(11-13)15-6-1-2-7-17(15)22-18;/h1-25H;1-14H;1-11,20-21H;1H4. The van der Waals surface area contributed by atoms with E-state index in [2.05, 4.69) is 243 Å². The number of nitrogens with zero attached hydrogens (tertiary/aromatic N) is 2. The van der Waals surface area contributed by atoms with Crippen molar-refractivity contribution in [1.29, 1.82) is 0 Å². The smallest absolute Gasteiger partial charge is 0.456 e. The highest BCUT2D eigenvalue weighted by Gasteiger charge is 2.19. The Hall–Kier alpha value is -11.7. The molecule has 6 aromatic heterocycles. The van der Waals surface area contributed by atoms with Gasteiger partial charge in [-0.15, -0.1) is 0 Å². The second-order valence-corrected chi connectivity index (χ2v) is 24.8. The van der Waals surface area contributed by atoms with Crippen LogP contribution in [0, 0.1) is 0 Å². The molecule has 0 aliphatic carbocycles. The van der Waals surface area contributed by atoms with Crippen molar-refractivity contribution in [2.24, 2.45) is 0 Å². The predicted octanol–water partition coefficient (Wildman–Crippen LogP) is 22.9. The lowest BCUT2D eigenvalue weighted by Crippen LogP contribution is -2.29. The lowest BCUT2D eigenvalue weighted by atomic mass is 9.79. The highest BCUT2D eigenvalue weighted by Crippen LogP contribution is 2.41. The van der Waals surface area contributed by atoms with Gasteiger partial charge in [0.05, 0.1) is 22.1 Å². The fraction of sp³-hybridized carbons (Fsp3) is 0.0118. The number of fused-ring (bicyclic) bond motifs is 18.